The number of rotatable bonds is 3. The van der Waals surface area contributed by atoms with Crippen molar-refractivity contribution in [2.75, 3.05) is 11.1 Å². The van der Waals surface area contributed by atoms with E-state index < -0.39 is 11.6 Å². The van der Waals surface area contributed by atoms with Gasteiger partial charge >= 0.3 is 0 Å². The summed E-state index contributed by atoms with van der Waals surface area (Å²) in [5, 5.41) is 3.54. The number of nitrogens with zero attached hydrogens (tertiary/aromatic N) is 2. The summed E-state index contributed by atoms with van der Waals surface area (Å²) in [7, 11) is 0. The molecule has 0 saturated carbocycles. The smallest absolute Gasteiger partial charge is 0.223 e. The molecule has 0 spiro atoms. The molecule has 0 fully saturated rings. The highest BCUT2D eigenvalue weighted by molar-refractivity contribution is 7.18. The van der Waals surface area contributed by atoms with Crippen molar-refractivity contribution in [1.82, 2.24) is 9.97 Å². The predicted molar refractivity (Wildman–Crippen MR) is 80.8 cm³/mol. The Morgan fingerprint density at radius 2 is 2.05 bits per heavy atom. The normalized spacial score (nSPS) is 11.0. The molecule has 3 rings (SSSR count). The zero-order chi connectivity index (χ0) is 15.0. The molecule has 0 amide bonds. The number of nitrogen functional groups attached to an aromatic ring is 1. The van der Waals surface area contributed by atoms with E-state index in [1.54, 1.807) is 0 Å². The Kier molecular flexibility index (Phi) is 3.42. The van der Waals surface area contributed by atoms with Crippen LogP contribution in [0.5, 0.6) is 0 Å². The highest BCUT2D eigenvalue weighted by Crippen LogP contribution is 2.32. The van der Waals surface area contributed by atoms with E-state index in [4.69, 9.17) is 5.73 Å². The molecule has 21 heavy (non-hydrogen) atoms. The number of thiophene rings is 1. The molecular formula is C14H12F2N4S. The largest absolute Gasteiger partial charge is 0.368 e. The average Bonchev–Trinajstić information content (AvgIpc) is 2.86. The molecule has 0 bridgehead atoms. The quantitative estimate of drug-likeness (QED) is 0.771. The molecule has 2 aromatic heterocycles. The Bertz CT molecular complexity index is 816. The number of aromatic nitrogens is 2. The van der Waals surface area contributed by atoms with Crippen molar-refractivity contribution in [3.8, 4) is 0 Å². The van der Waals surface area contributed by atoms with Crippen LogP contribution in [0.3, 0.4) is 0 Å². The van der Waals surface area contributed by atoms with Crippen LogP contribution in [0.4, 0.5) is 26.2 Å². The highest BCUT2D eigenvalue weighted by atomic mass is 32.1. The maximum atomic E-state index is 13.7. The van der Waals surface area contributed by atoms with Crippen LogP contribution >= 0.6 is 11.3 Å². The SMILES string of the molecule is CCc1cc2c(Nc3cc(F)ccc3F)nc(N)nc2s1. The van der Waals surface area contributed by atoms with Gasteiger partial charge in [0, 0.05) is 10.9 Å². The van der Waals surface area contributed by atoms with Gasteiger partial charge in [-0.2, -0.15) is 4.98 Å². The molecule has 0 radical (unpaired) electrons. The van der Waals surface area contributed by atoms with E-state index >= 15 is 0 Å². The van der Waals surface area contributed by atoms with Gasteiger partial charge in [0.25, 0.3) is 0 Å². The van der Waals surface area contributed by atoms with Gasteiger partial charge in [0.15, 0.2) is 0 Å². The average molecular weight is 306 g/mol. The van der Waals surface area contributed by atoms with Gasteiger partial charge in [-0.15, -0.1) is 11.3 Å². The number of nitrogens with one attached hydrogen (secondary N) is 1. The van der Waals surface area contributed by atoms with Crippen LogP contribution in [0.25, 0.3) is 10.2 Å². The van der Waals surface area contributed by atoms with Crippen molar-refractivity contribution >= 4 is 39.0 Å². The van der Waals surface area contributed by atoms with Crippen LogP contribution in [-0.2, 0) is 6.42 Å². The Morgan fingerprint density at radius 1 is 1.24 bits per heavy atom. The fraction of sp³-hybridized carbons (Fsp3) is 0.143. The second kappa shape index (κ2) is 5.25. The minimum atomic E-state index is -0.562. The van der Waals surface area contributed by atoms with Crippen LogP contribution < -0.4 is 11.1 Å². The maximum absolute atomic E-state index is 13.7. The molecule has 0 unspecified atom stereocenters. The maximum Gasteiger partial charge on any atom is 0.223 e. The van der Waals surface area contributed by atoms with Gasteiger partial charge in [-0.25, -0.2) is 13.8 Å². The highest BCUT2D eigenvalue weighted by Gasteiger charge is 2.12. The number of anilines is 3. The third-order valence-electron chi connectivity index (χ3n) is 2.99. The molecule has 1 aromatic carbocycles. The standard InChI is InChI=1S/C14H12F2N4S/c1-2-8-6-9-12(19-14(17)20-13(9)21-8)18-11-5-7(15)3-4-10(11)16/h3-6H,2H2,1H3,(H3,17,18,19,20). The lowest BCUT2D eigenvalue weighted by atomic mass is 10.2. The number of hydrogen-bond donors (Lipinski definition) is 2. The monoisotopic (exact) mass is 306 g/mol. The van der Waals surface area contributed by atoms with E-state index in [0.29, 0.717) is 5.82 Å². The number of hydrogen-bond acceptors (Lipinski definition) is 5. The third kappa shape index (κ3) is 2.64. The van der Waals surface area contributed by atoms with E-state index in [1.165, 1.54) is 11.3 Å². The van der Waals surface area contributed by atoms with Gasteiger partial charge < -0.3 is 11.1 Å². The van der Waals surface area contributed by atoms with Crippen LogP contribution in [0.15, 0.2) is 24.3 Å². The summed E-state index contributed by atoms with van der Waals surface area (Å²) in [6, 6.07) is 5.13. The number of nitrogens with two attached hydrogens (primary N) is 1. The summed E-state index contributed by atoms with van der Waals surface area (Å²) in [4.78, 5) is 10.1. The topological polar surface area (TPSA) is 63.8 Å². The molecule has 2 heterocycles. The molecule has 4 nitrogen and oxygen atoms in total. The number of halogens is 2. The Labute approximate surface area is 123 Å². The van der Waals surface area contributed by atoms with Gasteiger partial charge in [-0.3, -0.25) is 0 Å². The molecule has 3 N–H and O–H groups in total. The minimum absolute atomic E-state index is 0.0126. The predicted octanol–water partition coefficient (Wildman–Crippen LogP) is 3.86. The van der Waals surface area contributed by atoms with Gasteiger partial charge in [-0.05, 0) is 24.6 Å². The summed E-state index contributed by atoms with van der Waals surface area (Å²) in [6.07, 6.45) is 0.856. The van der Waals surface area contributed by atoms with Crippen molar-refractivity contribution in [3.05, 3.63) is 40.8 Å². The zero-order valence-electron chi connectivity index (χ0n) is 11.2. The molecule has 7 heteroatoms. The van der Waals surface area contributed by atoms with E-state index in [-0.39, 0.29) is 11.6 Å². The van der Waals surface area contributed by atoms with Crippen molar-refractivity contribution in [1.29, 1.82) is 0 Å². The van der Waals surface area contributed by atoms with Gasteiger partial charge in [-0.1, -0.05) is 6.92 Å². The molecule has 0 atom stereocenters. The fourth-order valence-electron chi connectivity index (χ4n) is 1.98. The molecular weight excluding hydrogens is 294 g/mol. The van der Waals surface area contributed by atoms with Gasteiger partial charge in [0.2, 0.25) is 5.95 Å². The minimum Gasteiger partial charge on any atom is -0.368 e. The fourth-order valence-corrected chi connectivity index (χ4v) is 2.95. The van der Waals surface area contributed by atoms with Gasteiger partial charge in [0.05, 0.1) is 11.1 Å². The molecule has 0 aliphatic carbocycles. The van der Waals surface area contributed by atoms with Crippen LogP contribution in [-0.4, -0.2) is 9.97 Å². The van der Waals surface area contributed by atoms with E-state index in [2.05, 4.69) is 15.3 Å². The summed E-state index contributed by atoms with van der Waals surface area (Å²) < 4.78 is 27.0. The summed E-state index contributed by atoms with van der Waals surface area (Å²) in [5.74, 6) is -0.631. The third-order valence-corrected chi connectivity index (χ3v) is 4.16. The first-order chi connectivity index (χ1) is 10.1. The number of aryl methyl sites for hydroxylation is 1. The van der Waals surface area contributed by atoms with E-state index in [0.717, 1.165) is 39.7 Å². The Morgan fingerprint density at radius 3 is 2.81 bits per heavy atom. The second-order valence-electron chi connectivity index (χ2n) is 4.46. The number of benzene rings is 1. The molecule has 0 aliphatic heterocycles. The Balaban J connectivity index is 2.11. The molecule has 0 aliphatic rings. The van der Waals surface area contributed by atoms with Crippen molar-refractivity contribution in [2.45, 2.75) is 13.3 Å². The van der Waals surface area contributed by atoms with Crippen molar-refractivity contribution < 1.29 is 8.78 Å². The summed E-state index contributed by atoms with van der Waals surface area (Å²) in [5.41, 5.74) is 5.69. The Hall–Kier alpha value is -2.28. The molecule has 108 valence electrons. The molecule has 3 aromatic rings. The lowest BCUT2D eigenvalue weighted by Crippen LogP contribution is -2.01. The van der Waals surface area contributed by atoms with Crippen molar-refractivity contribution in [2.24, 2.45) is 0 Å². The van der Waals surface area contributed by atoms with E-state index in [1.807, 2.05) is 13.0 Å². The van der Waals surface area contributed by atoms with Crippen LogP contribution in [0, 0.1) is 11.6 Å². The van der Waals surface area contributed by atoms with Crippen LogP contribution in [0.2, 0.25) is 0 Å². The van der Waals surface area contributed by atoms with Crippen LogP contribution in [0.1, 0.15) is 11.8 Å². The lowest BCUT2D eigenvalue weighted by Gasteiger charge is -2.08. The first-order valence-corrected chi connectivity index (χ1v) is 7.16. The first-order valence-electron chi connectivity index (χ1n) is 6.35. The summed E-state index contributed by atoms with van der Waals surface area (Å²) in [6.45, 7) is 2.03. The summed E-state index contributed by atoms with van der Waals surface area (Å²) >= 11 is 1.50. The second-order valence-corrected chi connectivity index (χ2v) is 5.58. The first kappa shape index (κ1) is 13.7. The zero-order valence-corrected chi connectivity index (χ0v) is 12.0. The van der Waals surface area contributed by atoms with Gasteiger partial charge in [0.1, 0.15) is 22.3 Å². The number of fused-ring (bicyclic) bond motifs is 1. The lowest BCUT2D eigenvalue weighted by molar-refractivity contribution is 0.603. The van der Waals surface area contributed by atoms with Crippen molar-refractivity contribution in [3.63, 3.8) is 0 Å². The van der Waals surface area contributed by atoms with E-state index in [9.17, 15) is 8.78 Å². The molecule has 0 saturated heterocycles.